The van der Waals surface area contributed by atoms with E-state index in [1.165, 1.54) is 16.6 Å². The summed E-state index contributed by atoms with van der Waals surface area (Å²) in [6, 6.07) is 10.7. The molecule has 7 heteroatoms. The van der Waals surface area contributed by atoms with Gasteiger partial charge in [0.05, 0.1) is 13.7 Å². The van der Waals surface area contributed by atoms with Crippen LogP contribution in [0, 0.1) is 0 Å². The average Bonchev–Trinajstić information content (AvgIpc) is 2.63. The van der Waals surface area contributed by atoms with Crippen LogP contribution in [0.5, 0.6) is 17.2 Å². The quantitative estimate of drug-likeness (QED) is 0.814. The molecule has 25 heavy (non-hydrogen) atoms. The minimum Gasteiger partial charge on any atom is -0.491 e. The maximum atomic E-state index is 12.4. The van der Waals surface area contributed by atoms with Crippen molar-refractivity contribution < 1.29 is 19.0 Å². The number of fused-ring (bicyclic) bond motifs is 1. The first-order valence-electron chi connectivity index (χ1n) is 7.94. The number of benzene rings is 1. The molecule has 1 aromatic carbocycles. The second-order valence-corrected chi connectivity index (χ2v) is 5.78. The number of likely N-dealkylation sites (N-methyl/N-ethyl adjacent to an activating group) is 1. The highest BCUT2D eigenvalue weighted by Crippen LogP contribution is 2.30. The van der Waals surface area contributed by atoms with Crippen LogP contribution in [0.3, 0.4) is 0 Å². The molecular weight excluding hydrogens is 324 g/mol. The maximum absolute atomic E-state index is 12.4. The number of carbonyl (C=O) groups is 1. The van der Waals surface area contributed by atoms with Crippen LogP contribution in [-0.2, 0) is 11.3 Å². The molecule has 0 fully saturated rings. The van der Waals surface area contributed by atoms with Gasteiger partial charge in [0.2, 0.25) is 5.91 Å². The number of nitrogens with zero attached hydrogens (tertiary/aromatic N) is 2. The van der Waals surface area contributed by atoms with Crippen LogP contribution < -0.4 is 19.8 Å². The van der Waals surface area contributed by atoms with E-state index in [0.717, 1.165) is 0 Å². The van der Waals surface area contributed by atoms with Crippen LogP contribution in [0.4, 0.5) is 0 Å². The third kappa shape index (κ3) is 3.76. The Morgan fingerprint density at radius 2 is 2.04 bits per heavy atom. The molecule has 0 spiro atoms. The Labute approximate surface area is 145 Å². The summed E-state index contributed by atoms with van der Waals surface area (Å²) in [4.78, 5) is 26.1. The normalized spacial score (nSPS) is 15.5. The Morgan fingerprint density at radius 1 is 1.28 bits per heavy atom. The number of carbonyl (C=O) groups excluding carboxylic acids is 1. The van der Waals surface area contributed by atoms with Crippen LogP contribution in [0.15, 0.2) is 47.4 Å². The molecule has 1 atom stereocenters. The number of amides is 1. The molecule has 2 aromatic rings. The van der Waals surface area contributed by atoms with Crippen molar-refractivity contribution in [2.45, 2.75) is 12.6 Å². The van der Waals surface area contributed by atoms with Crippen LogP contribution in [0.1, 0.15) is 0 Å². The van der Waals surface area contributed by atoms with Crippen molar-refractivity contribution in [3.8, 4) is 17.2 Å². The zero-order chi connectivity index (χ0) is 17.8. The summed E-state index contributed by atoms with van der Waals surface area (Å²) < 4.78 is 17.8. The van der Waals surface area contributed by atoms with E-state index in [1.54, 1.807) is 25.4 Å². The fraction of sp³-hybridized carbons (Fsp3) is 0.333. The van der Waals surface area contributed by atoms with Gasteiger partial charge in [0, 0.05) is 13.2 Å². The van der Waals surface area contributed by atoms with E-state index in [0.29, 0.717) is 24.7 Å². The molecule has 3 rings (SSSR count). The lowest BCUT2D eigenvalue weighted by molar-refractivity contribution is -0.132. The first-order valence-corrected chi connectivity index (χ1v) is 7.94. The summed E-state index contributed by atoms with van der Waals surface area (Å²) in [6.45, 7) is 0.677. The molecule has 132 valence electrons. The summed E-state index contributed by atoms with van der Waals surface area (Å²) in [7, 11) is 3.10. The zero-order valence-electron chi connectivity index (χ0n) is 14.2. The molecule has 1 aliphatic heterocycles. The van der Waals surface area contributed by atoms with Crippen LogP contribution in [0.25, 0.3) is 0 Å². The average molecular weight is 344 g/mol. The lowest BCUT2D eigenvalue weighted by Gasteiger charge is -2.29. The molecule has 1 aromatic heterocycles. The van der Waals surface area contributed by atoms with Crippen molar-refractivity contribution in [3.05, 3.63) is 52.9 Å². The smallest absolute Gasteiger partial charge is 0.293 e. The summed E-state index contributed by atoms with van der Waals surface area (Å²) in [6.07, 6.45) is 1.30. The van der Waals surface area contributed by atoms with Gasteiger partial charge in [-0.1, -0.05) is 12.1 Å². The molecule has 7 nitrogen and oxygen atoms in total. The molecule has 0 saturated carbocycles. The first kappa shape index (κ1) is 16.9. The minimum atomic E-state index is -0.335. The van der Waals surface area contributed by atoms with E-state index in [-0.39, 0.29) is 29.9 Å². The second-order valence-electron chi connectivity index (χ2n) is 5.78. The van der Waals surface area contributed by atoms with Gasteiger partial charge in [-0.05, 0) is 24.3 Å². The van der Waals surface area contributed by atoms with E-state index in [4.69, 9.17) is 14.2 Å². The number of para-hydroxylation sites is 2. The summed E-state index contributed by atoms with van der Waals surface area (Å²) in [5, 5.41) is 0. The standard InChI is InChI=1S/C18H20N2O5/c1-19(10-13-12-24-14-6-3-4-7-15(14)25-13)17(21)11-20-9-5-8-16(23-2)18(20)22/h3-9,13H,10-12H2,1-2H3. The molecule has 1 aliphatic rings. The summed E-state index contributed by atoms with van der Waals surface area (Å²) in [5.41, 5.74) is -0.335. The number of ether oxygens (including phenoxy) is 3. The van der Waals surface area contributed by atoms with Gasteiger partial charge in [-0.25, -0.2) is 0 Å². The predicted molar refractivity (Wildman–Crippen MR) is 91.2 cm³/mol. The Balaban J connectivity index is 1.61. The fourth-order valence-electron chi connectivity index (χ4n) is 2.62. The zero-order valence-corrected chi connectivity index (χ0v) is 14.2. The molecule has 0 radical (unpaired) electrons. The Morgan fingerprint density at radius 3 is 2.80 bits per heavy atom. The van der Waals surface area contributed by atoms with Gasteiger partial charge in [0.15, 0.2) is 23.4 Å². The molecule has 0 N–H and O–H groups in total. The van der Waals surface area contributed by atoms with Crippen LogP contribution >= 0.6 is 0 Å². The summed E-state index contributed by atoms with van der Waals surface area (Å²) in [5.74, 6) is 1.38. The van der Waals surface area contributed by atoms with Gasteiger partial charge in [-0.15, -0.1) is 0 Å². The number of aromatic nitrogens is 1. The second kappa shape index (κ2) is 7.29. The van der Waals surface area contributed by atoms with E-state index < -0.39 is 0 Å². The van der Waals surface area contributed by atoms with Crippen LogP contribution in [-0.4, -0.2) is 48.8 Å². The summed E-state index contributed by atoms with van der Waals surface area (Å²) >= 11 is 0. The lowest BCUT2D eigenvalue weighted by atomic mass is 10.2. The molecule has 1 amide bonds. The van der Waals surface area contributed by atoms with Gasteiger partial charge >= 0.3 is 0 Å². The highest BCUT2D eigenvalue weighted by molar-refractivity contribution is 5.75. The van der Waals surface area contributed by atoms with Gasteiger partial charge in [0.25, 0.3) is 5.56 Å². The SMILES string of the molecule is COc1cccn(CC(=O)N(C)CC2COc3ccccc3O2)c1=O. The number of rotatable bonds is 5. The van der Waals surface area contributed by atoms with Crippen molar-refractivity contribution in [2.24, 2.45) is 0 Å². The first-order chi connectivity index (χ1) is 12.1. The highest BCUT2D eigenvalue weighted by Gasteiger charge is 2.24. The monoisotopic (exact) mass is 344 g/mol. The number of hydrogen-bond donors (Lipinski definition) is 0. The number of pyridine rings is 1. The van der Waals surface area contributed by atoms with Gasteiger partial charge in [0.1, 0.15) is 13.2 Å². The molecule has 0 saturated heterocycles. The van der Waals surface area contributed by atoms with Crippen molar-refractivity contribution in [1.82, 2.24) is 9.47 Å². The van der Waals surface area contributed by atoms with Crippen LogP contribution in [0.2, 0.25) is 0 Å². The Kier molecular flexibility index (Phi) is 4.92. The molecule has 0 aliphatic carbocycles. The topological polar surface area (TPSA) is 70.0 Å². The lowest BCUT2D eigenvalue weighted by Crippen LogP contribution is -2.43. The largest absolute Gasteiger partial charge is 0.491 e. The van der Waals surface area contributed by atoms with E-state index in [9.17, 15) is 9.59 Å². The van der Waals surface area contributed by atoms with Gasteiger partial charge < -0.3 is 23.7 Å². The molecular formula is C18H20N2O5. The highest BCUT2D eigenvalue weighted by atomic mass is 16.6. The maximum Gasteiger partial charge on any atom is 0.293 e. The van der Waals surface area contributed by atoms with Crippen molar-refractivity contribution in [1.29, 1.82) is 0 Å². The number of hydrogen-bond acceptors (Lipinski definition) is 5. The van der Waals surface area contributed by atoms with Crippen molar-refractivity contribution in [3.63, 3.8) is 0 Å². The third-order valence-electron chi connectivity index (χ3n) is 3.98. The third-order valence-corrected chi connectivity index (χ3v) is 3.98. The molecule has 2 heterocycles. The van der Waals surface area contributed by atoms with E-state index >= 15 is 0 Å². The molecule has 0 bridgehead atoms. The Hall–Kier alpha value is -2.96. The van der Waals surface area contributed by atoms with Gasteiger partial charge in [-0.2, -0.15) is 0 Å². The fourth-order valence-corrected chi connectivity index (χ4v) is 2.62. The predicted octanol–water partition coefficient (Wildman–Crippen LogP) is 1.16. The van der Waals surface area contributed by atoms with Gasteiger partial charge in [-0.3, -0.25) is 9.59 Å². The van der Waals surface area contributed by atoms with E-state index in [1.807, 2.05) is 24.3 Å². The number of methoxy groups -OCH3 is 1. The Bertz CT molecular complexity index is 817. The minimum absolute atomic E-state index is 0.0588. The van der Waals surface area contributed by atoms with Crippen molar-refractivity contribution in [2.75, 3.05) is 27.3 Å². The van der Waals surface area contributed by atoms with E-state index in [2.05, 4.69) is 0 Å². The van der Waals surface area contributed by atoms with Crippen molar-refractivity contribution >= 4 is 5.91 Å². The molecule has 1 unspecified atom stereocenters.